The first-order valence-electron chi connectivity index (χ1n) is 7.79. The minimum atomic E-state index is -0.507. The molecular weight excluding hydrogens is 280 g/mol. The van der Waals surface area contributed by atoms with E-state index in [2.05, 4.69) is 10.6 Å². The number of hydrogen-bond acceptors (Lipinski definition) is 3. The summed E-state index contributed by atoms with van der Waals surface area (Å²) in [4.78, 5) is 23.8. The lowest BCUT2D eigenvalue weighted by Gasteiger charge is -2.15. The van der Waals surface area contributed by atoms with Crippen molar-refractivity contribution in [3.63, 3.8) is 0 Å². The van der Waals surface area contributed by atoms with Crippen molar-refractivity contribution in [3.05, 3.63) is 24.3 Å². The summed E-state index contributed by atoms with van der Waals surface area (Å²) in [6.45, 7) is 6.36. The molecule has 0 bridgehead atoms. The standard InChI is InChI=1S/C17H24N2O3/c1-11(2)10-22-12(3)16(20)18-14-5-4-6-15(9-14)19-17(21)13-7-8-13/h4-6,9,11-13H,7-8,10H2,1-3H3,(H,18,20)(H,19,21)/t12-/m0/s1. The summed E-state index contributed by atoms with van der Waals surface area (Å²) in [6.07, 6.45) is 1.42. The highest BCUT2D eigenvalue weighted by atomic mass is 16.5. The zero-order valence-corrected chi connectivity index (χ0v) is 13.4. The van der Waals surface area contributed by atoms with Crippen LogP contribution in [0.4, 0.5) is 11.4 Å². The summed E-state index contributed by atoms with van der Waals surface area (Å²) in [6, 6.07) is 7.17. The predicted molar refractivity (Wildman–Crippen MR) is 86.7 cm³/mol. The number of benzene rings is 1. The van der Waals surface area contributed by atoms with E-state index in [4.69, 9.17) is 4.74 Å². The predicted octanol–water partition coefficient (Wildman–Crippen LogP) is 3.03. The van der Waals surface area contributed by atoms with Crippen LogP contribution >= 0.6 is 0 Å². The van der Waals surface area contributed by atoms with Crippen LogP contribution in [0.2, 0.25) is 0 Å². The van der Waals surface area contributed by atoms with Crippen LogP contribution in [0.5, 0.6) is 0 Å². The molecule has 0 unspecified atom stereocenters. The van der Waals surface area contributed by atoms with E-state index in [1.165, 1.54) is 0 Å². The van der Waals surface area contributed by atoms with Crippen molar-refractivity contribution < 1.29 is 14.3 Å². The minimum Gasteiger partial charge on any atom is -0.368 e. The Morgan fingerprint density at radius 2 is 1.82 bits per heavy atom. The maximum absolute atomic E-state index is 12.1. The lowest BCUT2D eigenvalue weighted by molar-refractivity contribution is -0.127. The molecule has 1 fully saturated rings. The molecule has 2 N–H and O–H groups in total. The first-order valence-corrected chi connectivity index (χ1v) is 7.79. The summed E-state index contributed by atoms with van der Waals surface area (Å²) in [5.41, 5.74) is 1.35. The molecule has 0 heterocycles. The molecule has 5 nitrogen and oxygen atoms in total. The lowest BCUT2D eigenvalue weighted by atomic mass is 10.2. The molecule has 1 aromatic carbocycles. The Balaban J connectivity index is 1.88. The fourth-order valence-corrected chi connectivity index (χ4v) is 1.92. The average Bonchev–Trinajstić information content (AvgIpc) is 3.29. The normalized spacial score (nSPS) is 15.5. The van der Waals surface area contributed by atoms with Gasteiger partial charge in [0.1, 0.15) is 6.10 Å². The zero-order chi connectivity index (χ0) is 16.1. The van der Waals surface area contributed by atoms with E-state index < -0.39 is 6.10 Å². The highest BCUT2D eigenvalue weighted by Gasteiger charge is 2.29. The molecule has 1 aliphatic rings. The number of amides is 2. The molecule has 0 aliphatic heterocycles. The molecule has 5 heteroatoms. The Hall–Kier alpha value is -1.88. The lowest BCUT2D eigenvalue weighted by Crippen LogP contribution is -2.29. The van der Waals surface area contributed by atoms with Crippen molar-refractivity contribution in [1.29, 1.82) is 0 Å². The third-order valence-electron chi connectivity index (χ3n) is 3.39. The smallest absolute Gasteiger partial charge is 0.253 e. The maximum atomic E-state index is 12.1. The van der Waals surface area contributed by atoms with E-state index in [1.54, 1.807) is 25.1 Å². The second-order valence-electron chi connectivity index (χ2n) is 6.20. The van der Waals surface area contributed by atoms with Crippen molar-refractivity contribution in [1.82, 2.24) is 0 Å². The molecule has 2 rings (SSSR count). The zero-order valence-electron chi connectivity index (χ0n) is 13.4. The van der Waals surface area contributed by atoms with Crippen LogP contribution in [0.15, 0.2) is 24.3 Å². The van der Waals surface area contributed by atoms with E-state index >= 15 is 0 Å². The van der Waals surface area contributed by atoms with E-state index in [1.807, 2.05) is 19.9 Å². The Kier molecular flexibility index (Phi) is 5.55. The fourth-order valence-electron chi connectivity index (χ4n) is 1.92. The maximum Gasteiger partial charge on any atom is 0.253 e. The molecule has 120 valence electrons. The molecule has 22 heavy (non-hydrogen) atoms. The second kappa shape index (κ2) is 7.40. The number of carbonyl (C=O) groups is 2. The molecule has 1 aromatic rings. The Morgan fingerprint density at radius 3 is 2.41 bits per heavy atom. The van der Waals surface area contributed by atoms with E-state index in [9.17, 15) is 9.59 Å². The Morgan fingerprint density at radius 1 is 1.18 bits per heavy atom. The largest absolute Gasteiger partial charge is 0.368 e. The third kappa shape index (κ3) is 5.15. The molecule has 0 radical (unpaired) electrons. The molecule has 1 atom stereocenters. The second-order valence-corrected chi connectivity index (χ2v) is 6.20. The van der Waals surface area contributed by atoms with Crippen LogP contribution in [0.3, 0.4) is 0 Å². The summed E-state index contributed by atoms with van der Waals surface area (Å²) < 4.78 is 5.49. The highest BCUT2D eigenvalue weighted by molar-refractivity contribution is 5.96. The topological polar surface area (TPSA) is 67.4 Å². The van der Waals surface area contributed by atoms with Gasteiger partial charge in [-0.2, -0.15) is 0 Å². The van der Waals surface area contributed by atoms with E-state index in [0.717, 1.165) is 12.8 Å². The van der Waals surface area contributed by atoms with Crippen molar-refractivity contribution in [2.24, 2.45) is 11.8 Å². The van der Waals surface area contributed by atoms with E-state index in [-0.39, 0.29) is 17.7 Å². The van der Waals surface area contributed by atoms with Crippen molar-refractivity contribution >= 4 is 23.2 Å². The Labute approximate surface area is 131 Å². The van der Waals surface area contributed by atoms with Crippen LogP contribution in [0.1, 0.15) is 33.6 Å². The SMILES string of the molecule is CC(C)CO[C@@H](C)C(=O)Nc1cccc(NC(=O)C2CC2)c1. The first kappa shape index (κ1) is 16.5. The number of nitrogens with one attached hydrogen (secondary N) is 2. The van der Waals surface area contributed by atoms with Crippen LogP contribution in [0, 0.1) is 11.8 Å². The van der Waals surface area contributed by atoms with Crippen LogP contribution in [0.25, 0.3) is 0 Å². The molecule has 0 aromatic heterocycles. The number of ether oxygens (including phenoxy) is 1. The Bertz CT molecular complexity index is 538. The molecule has 1 aliphatic carbocycles. The van der Waals surface area contributed by atoms with Gasteiger partial charge < -0.3 is 15.4 Å². The van der Waals surface area contributed by atoms with Crippen LogP contribution < -0.4 is 10.6 Å². The van der Waals surface area contributed by atoms with Gasteiger partial charge in [-0.3, -0.25) is 9.59 Å². The van der Waals surface area contributed by atoms with Gasteiger partial charge in [-0.25, -0.2) is 0 Å². The number of hydrogen-bond donors (Lipinski definition) is 2. The average molecular weight is 304 g/mol. The molecule has 0 spiro atoms. The third-order valence-corrected chi connectivity index (χ3v) is 3.39. The van der Waals surface area contributed by atoms with Crippen molar-refractivity contribution in [2.45, 2.75) is 39.7 Å². The van der Waals surface area contributed by atoms with Crippen molar-refractivity contribution in [2.75, 3.05) is 17.2 Å². The van der Waals surface area contributed by atoms with E-state index in [0.29, 0.717) is 23.9 Å². The van der Waals surface area contributed by atoms with Crippen molar-refractivity contribution in [3.8, 4) is 0 Å². The number of rotatable bonds is 7. The van der Waals surface area contributed by atoms with Gasteiger partial charge in [-0.05, 0) is 43.9 Å². The van der Waals surface area contributed by atoms with Gasteiger partial charge >= 0.3 is 0 Å². The minimum absolute atomic E-state index is 0.0529. The summed E-state index contributed by atoms with van der Waals surface area (Å²) in [5.74, 6) is 0.405. The molecular formula is C17H24N2O3. The quantitative estimate of drug-likeness (QED) is 0.813. The van der Waals surface area contributed by atoms with Gasteiger partial charge in [0, 0.05) is 23.9 Å². The van der Waals surface area contributed by atoms with Gasteiger partial charge in [0.25, 0.3) is 5.91 Å². The van der Waals surface area contributed by atoms with Gasteiger partial charge in [0.15, 0.2) is 0 Å². The monoisotopic (exact) mass is 304 g/mol. The number of anilines is 2. The fraction of sp³-hybridized carbons (Fsp3) is 0.529. The molecule has 1 saturated carbocycles. The van der Waals surface area contributed by atoms with Gasteiger partial charge in [-0.1, -0.05) is 19.9 Å². The van der Waals surface area contributed by atoms with Crippen LogP contribution in [-0.2, 0) is 14.3 Å². The number of carbonyl (C=O) groups excluding carboxylic acids is 2. The highest BCUT2D eigenvalue weighted by Crippen LogP contribution is 2.30. The summed E-state index contributed by atoms with van der Waals surface area (Å²) in [7, 11) is 0. The summed E-state index contributed by atoms with van der Waals surface area (Å²) >= 11 is 0. The summed E-state index contributed by atoms with van der Waals surface area (Å²) in [5, 5.41) is 5.67. The van der Waals surface area contributed by atoms with Gasteiger partial charge in [-0.15, -0.1) is 0 Å². The molecule has 0 saturated heterocycles. The van der Waals surface area contributed by atoms with Gasteiger partial charge in [0.05, 0.1) is 0 Å². The molecule has 2 amide bonds. The first-order chi connectivity index (χ1) is 10.5. The van der Waals surface area contributed by atoms with Crippen LogP contribution in [-0.4, -0.2) is 24.5 Å². The van der Waals surface area contributed by atoms with Gasteiger partial charge in [0.2, 0.25) is 5.91 Å².